The lowest BCUT2D eigenvalue weighted by Crippen LogP contribution is -2.34. The summed E-state index contributed by atoms with van der Waals surface area (Å²) in [4.78, 5) is 0. The Morgan fingerprint density at radius 1 is 1.18 bits per heavy atom. The standard InChI is InChI=1S/C15H21NO/c17-10-11-4-7-15(16-9-11)14-6-5-12-2-1-3-13(12)8-14/h5-6,8,11,15-17H,1-4,7,9-10H2. The molecule has 2 heteroatoms. The van der Waals surface area contributed by atoms with Crippen LogP contribution in [0.5, 0.6) is 0 Å². The van der Waals surface area contributed by atoms with Gasteiger partial charge in [-0.15, -0.1) is 0 Å². The molecule has 0 radical (unpaired) electrons. The van der Waals surface area contributed by atoms with E-state index in [0.717, 1.165) is 19.4 Å². The summed E-state index contributed by atoms with van der Waals surface area (Å²) >= 11 is 0. The van der Waals surface area contributed by atoms with Gasteiger partial charge in [0, 0.05) is 19.2 Å². The van der Waals surface area contributed by atoms with Crippen molar-refractivity contribution in [3.05, 3.63) is 34.9 Å². The first-order chi connectivity index (χ1) is 8.36. The Bertz CT molecular complexity index is 394. The van der Waals surface area contributed by atoms with Crippen LogP contribution in [0.3, 0.4) is 0 Å². The number of rotatable bonds is 2. The van der Waals surface area contributed by atoms with Crippen molar-refractivity contribution in [2.24, 2.45) is 5.92 Å². The quantitative estimate of drug-likeness (QED) is 0.818. The fourth-order valence-corrected chi connectivity index (χ4v) is 3.16. The van der Waals surface area contributed by atoms with E-state index in [2.05, 4.69) is 23.5 Å². The number of hydrogen-bond donors (Lipinski definition) is 2. The molecule has 2 N–H and O–H groups in total. The highest BCUT2D eigenvalue weighted by molar-refractivity contribution is 5.36. The van der Waals surface area contributed by atoms with Gasteiger partial charge in [0.2, 0.25) is 0 Å². The van der Waals surface area contributed by atoms with Gasteiger partial charge < -0.3 is 10.4 Å². The van der Waals surface area contributed by atoms with Crippen molar-refractivity contribution >= 4 is 0 Å². The van der Waals surface area contributed by atoms with Crippen LogP contribution in [0.1, 0.15) is 42.0 Å². The third kappa shape index (κ3) is 2.24. The second kappa shape index (κ2) is 4.79. The molecule has 0 amide bonds. The van der Waals surface area contributed by atoms with Crippen molar-refractivity contribution in [2.45, 2.75) is 38.1 Å². The monoisotopic (exact) mass is 231 g/mol. The summed E-state index contributed by atoms with van der Waals surface area (Å²) in [5.74, 6) is 0.459. The van der Waals surface area contributed by atoms with E-state index in [4.69, 9.17) is 5.11 Å². The summed E-state index contributed by atoms with van der Waals surface area (Å²) in [6, 6.07) is 7.52. The molecule has 2 unspecified atom stereocenters. The molecule has 2 aliphatic rings. The Hall–Kier alpha value is -0.860. The van der Waals surface area contributed by atoms with E-state index >= 15 is 0 Å². The smallest absolute Gasteiger partial charge is 0.0471 e. The minimum atomic E-state index is 0.323. The largest absolute Gasteiger partial charge is 0.396 e. The highest BCUT2D eigenvalue weighted by Crippen LogP contribution is 2.29. The van der Waals surface area contributed by atoms with Crippen LogP contribution >= 0.6 is 0 Å². The Kier molecular flexibility index (Phi) is 3.17. The first kappa shape index (κ1) is 11.2. The van der Waals surface area contributed by atoms with Gasteiger partial charge in [-0.1, -0.05) is 18.2 Å². The Morgan fingerprint density at radius 3 is 2.82 bits per heavy atom. The van der Waals surface area contributed by atoms with Crippen LogP contribution in [0.2, 0.25) is 0 Å². The number of hydrogen-bond acceptors (Lipinski definition) is 2. The highest BCUT2D eigenvalue weighted by Gasteiger charge is 2.22. The van der Waals surface area contributed by atoms with Gasteiger partial charge in [0.25, 0.3) is 0 Å². The second-order valence-corrected chi connectivity index (χ2v) is 5.47. The first-order valence-corrected chi connectivity index (χ1v) is 6.83. The van der Waals surface area contributed by atoms with E-state index in [0.29, 0.717) is 18.6 Å². The van der Waals surface area contributed by atoms with Crippen molar-refractivity contribution in [3.8, 4) is 0 Å². The van der Waals surface area contributed by atoms with Gasteiger partial charge in [-0.2, -0.15) is 0 Å². The molecule has 0 saturated carbocycles. The maximum atomic E-state index is 9.13. The zero-order chi connectivity index (χ0) is 11.7. The zero-order valence-electron chi connectivity index (χ0n) is 10.3. The van der Waals surface area contributed by atoms with Gasteiger partial charge >= 0.3 is 0 Å². The molecule has 1 aromatic carbocycles. The van der Waals surface area contributed by atoms with Crippen LogP contribution in [0, 0.1) is 5.92 Å². The molecule has 1 aliphatic carbocycles. The third-order valence-corrected chi connectivity index (χ3v) is 4.30. The Labute approximate surface area is 103 Å². The summed E-state index contributed by atoms with van der Waals surface area (Å²) < 4.78 is 0. The van der Waals surface area contributed by atoms with Crippen LogP contribution in [-0.2, 0) is 12.8 Å². The average molecular weight is 231 g/mol. The molecule has 3 rings (SSSR count). The van der Waals surface area contributed by atoms with E-state index < -0.39 is 0 Å². The van der Waals surface area contributed by atoms with Gasteiger partial charge in [0.15, 0.2) is 0 Å². The predicted molar refractivity (Wildman–Crippen MR) is 69.0 cm³/mol. The minimum absolute atomic E-state index is 0.323. The Morgan fingerprint density at radius 2 is 2.06 bits per heavy atom. The Balaban J connectivity index is 1.72. The van der Waals surface area contributed by atoms with E-state index in [-0.39, 0.29) is 0 Å². The molecule has 2 atom stereocenters. The minimum Gasteiger partial charge on any atom is -0.396 e. The fraction of sp³-hybridized carbons (Fsp3) is 0.600. The van der Waals surface area contributed by atoms with Gasteiger partial charge in [-0.25, -0.2) is 0 Å². The summed E-state index contributed by atoms with van der Waals surface area (Å²) in [6.45, 7) is 1.28. The number of piperidine rings is 1. The SMILES string of the molecule is OCC1CCC(c2ccc3c(c2)CCC3)NC1. The molecule has 1 aromatic rings. The number of nitrogens with one attached hydrogen (secondary N) is 1. The number of aliphatic hydroxyl groups is 1. The highest BCUT2D eigenvalue weighted by atomic mass is 16.3. The molecule has 1 fully saturated rings. The van der Waals surface area contributed by atoms with Crippen LogP contribution in [0.15, 0.2) is 18.2 Å². The zero-order valence-corrected chi connectivity index (χ0v) is 10.3. The lowest BCUT2D eigenvalue weighted by molar-refractivity contribution is 0.184. The van der Waals surface area contributed by atoms with E-state index in [1.165, 1.54) is 24.8 Å². The fourth-order valence-electron chi connectivity index (χ4n) is 3.16. The second-order valence-electron chi connectivity index (χ2n) is 5.47. The predicted octanol–water partition coefficient (Wildman–Crippen LogP) is 2.21. The van der Waals surface area contributed by atoms with Crippen LogP contribution in [0.25, 0.3) is 0 Å². The van der Waals surface area contributed by atoms with Gasteiger partial charge in [0.05, 0.1) is 0 Å². The lowest BCUT2D eigenvalue weighted by atomic mass is 9.90. The summed E-state index contributed by atoms with van der Waals surface area (Å²) in [5.41, 5.74) is 4.56. The summed E-state index contributed by atoms with van der Waals surface area (Å²) in [7, 11) is 0. The maximum Gasteiger partial charge on any atom is 0.0471 e. The summed E-state index contributed by atoms with van der Waals surface area (Å²) in [6.07, 6.45) is 6.15. The number of fused-ring (bicyclic) bond motifs is 1. The molecule has 2 nitrogen and oxygen atoms in total. The molecular weight excluding hydrogens is 210 g/mol. The third-order valence-electron chi connectivity index (χ3n) is 4.30. The van der Waals surface area contributed by atoms with Gasteiger partial charge in [0.1, 0.15) is 0 Å². The first-order valence-electron chi connectivity index (χ1n) is 6.83. The maximum absolute atomic E-state index is 9.13. The molecular formula is C15H21NO. The molecule has 17 heavy (non-hydrogen) atoms. The van der Waals surface area contributed by atoms with Crippen molar-refractivity contribution in [3.63, 3.8) is 0 Å². The number of aliphatic hydroxyl groups excluding tert-OH is 1. The van der Waals surface area contributed by atoms with Crippen molar-refractivity contribution in [1.82, 2.24) is 5.32 Å². The molecule has 92 valence electrons. The number of benzene rings is 1. The molecule has 1 saturated heterocycles. The van der Waals surface area contributed by atoms with Crippen molar-refractivity contribution < 1.29 is 5.11 Å². The molecule has 0 aromatic heterocycles. The van der Waals surface area contributed by atoms with Crippen LogP contribution in [-0.4, -0.2) is 18.3 Å². The van der Waals surface area contributed by atoms with Crippen LogP contribution < -0.4 is 5.32 Å². The normalized spacial score (nSPS) is 28.1. The van der Waals surface area contributed by atoms with Gasteiger partial charge in [-0.05, 0) is 54.7 Å². The van der Waals surface area contributed by atoms with Crippen molar-refractivity contribution in [2.75, 3.05) is 13.2 Å². The van der Waals surface area contributed by atoms with E-state index in [1.807, 2.05) is 0 Å². The molecule has 0 spiro atoms. The van der Waals surface area contributed by atoms with E-state index in [1.54, 1.807) is 11.1 Å². The molecule has 1 heterocycles. The number of aryl methyl sites for hydroxylation is 2. The molecule has 1 aliphatic heterocycles. The van der Waals surface area contributed by atoms with Gasteiger partial charge in [-0.3, -0.25) is 0 Å². The average Bonchev–Trinajstić information content (AvgIpc) is 2.86. The summed E-state index contributed by atoms with van der Waals surface area (Å²) in [5, 5.41) is 12.7. The van der Waals surface area contributed by atoms with E-state index in [9.17, 15) is 0 Å². The topological polar surface area (TPSA) is 32.3 Å². The van der Waals surface area contributed by atoms with Crippen LogP contribution in [0.4, 0.5) is 0 Å². The molecule has 0 bridgehead atoms. The van der Waals surface area contributed by atoms with Crippen molar-refractivity contribution in [1.29, 1.82) is 0 Å². The lowest BCUT2D eigenvalue weighted by Gasteiger charge is -2.29.